The van der Waals surface area contributed by atoms with Crippen molar-refractivity contribution in [2.75, 3.05) is 4.90 Å². The number of anilines is 3. The summed E-state index contributed by atoms with van der Waals surface area (Å²) < 4.78 is 8.96. The lowest BCUT2D eigenvalue weighted by Gasteiger charge is -2.42. The van der Waals surface area contributed by atoms with Gasteiger partial charge < -0.3 is 9.32 Å². The maximum atomic E-state index is 6.35. The summed E-state index contributed by atoms with van der Waals surface area (Å²) in [6, 6.07) is 72.6. The average molecular weight is 782 g/mol. The van der Waals surface area contributed by atoms with E-state index in [0.717, 1.165) is 27.6 Å². The van der Waals surface area contributed by atoms with E-state index in [1.54, 1.807) is 0 Å². The lowest BCUT2D eigenvalue weighted by molar-refractivity contribution is 0.669. The van der Waals surface area contributed by atoms with Gasteiger partial charge >= 0.3 is 0 Å². The Morgan fingerprint density at radius 2 is 1.07 bits per heavy atom. The molecule has 1 unspecified atom stereocenters. The molecule has 1 atom stereocenters. The molecule has 9 aromatic carbocycles. The third kappa shape index (κ3) is 3.94. The first-order chi connectivity index (χ1) is 29.6. The number of hydrogen-bond acceptors (Lipinski definition) is 3. The molecule has 3 heterocycles. The van der Waals surface area contributed by atoms with E-state index in [1.165, 1.54) is 92.7 Å². The summed E-state index contributed by atoms with van der Waals surface area (Å²) in [5.74, 6) is 0. The predicted octanol–water partition coefficient (Wildman–Crippen LogP) is 15.4. The predicted molar refractivity (Wildman–Crippen MR) is 250 cm³/mol. The molecule has 60 heavy (non-hydrogen) atoms. The summed E-state index contributed by atoms with van der Waals surface area (Å²) in [5.41, 5.74) is 19.2. The molecule has 0 amide bonds. The van der Waals surface area contributed by atoms with Crippen molar-refractivity contribution < 1.29 is 4.42 Å². The summed E-state index contributed by atoms with van der Waals surface area (Å²) in [4.78, 5) is 2.53. The molecule has 1 aliphatic heterocycles. The monoisotopic (exact) mass is 781 g/mol. The van der Waals surface area contributed by atoms with Crippen LogP contribution in [-0.2, 0) is 10.8 Å². The minimum atomic E-state index is -0.462. The van der Waals surface area contributed by atoms with Gasteiger partial charge in [0, 0.05) is 42.0 Å². The lowest BCUT2D eigenvalue weighted by atomic mass is 9.67. The van der Waals surface area contributed by atoms with Gasteiger partial charge in [0.25, 0.3) is 0 Å². The van der Waals surface area contributed by atoms with Gasteiger partial charge in [0.2, 0.25) is 0 Å². The summed E-state index contributed by atoms with van der Waals surface area (Å²) in [5, 5.41) is 4.84. The molecule has 2 nitrogen and oxygen atoms in total. The van der Waals surface area contributed by atoms with E-state index >= 15 is 0 Å². The average Bonchev–Trinajstić information content (AvgIpc) is 4.02. The van der Waals surface area contributed by atoms with Gasteiger partial charge in [-0.2, -0.15) is 0 Å². The minimum Gasteiger partial charge on any atom is -0.456 e. The van der Waals surface area contributed by atoms with E-state index in [2.05, 4.69) is 200 Å². The fourth-order valence-corrected chi connectivity index (χ4v) is 12.8. The van der Waals surface area contributed by atoms with Crippen molar-refractivity contribution in [2.45, 2.75) is 17.8 Å². The van der Waals surface area contributed by atoms with Crippen LogP contribution < -0.4 is 4.90 Å². The number of benzene rings is 9. The van der Waals surface area contributed by atoms with Gasteiger partial charge in [0.05, 0.1) is 16.8 Å². The Bertz CT molecular complexity index is 3600. The van der Waals surface area contributed by atoms with Gasteiger partial charge in [-0.15, -0.1) is 11.3 Å². The molecule has 3 heteroatoms. The van der Waals surface area contributed by atoms with Crippen LogP contribution in [0.1, 0.15) is 45.9 Å². The third-order valence-electron chi connectivity index (χ3n) is 14.1. The highest BCUT2D eigenvalue weighted by Crippen LogP contribution is 2.63. The van der Waals surface area contributed by atoms with Crippen molar-refractivity contribution >= 4 is 70.5 Å². The SMILES string of the molecule is CC12c3ccccc3-c3cccc(c31)N(c1ccc3oc4ccccc4c3c1)c1cc3c(cc12)sc1ccc(C2(c4ccccc4)c4ccccc4-c4ccccc42)cc13. The smallest absolute Gasteiger partial charge is 0.135 e. The maximum Gasteiger partial charge on any atom is 0.135 e. The number of fused-ring (bicyclic) bond motifs is 14. The van der Waals surface area contributed by atoms with Crippen LogP contribution in [0.2, 0.25) is 0 Å². The molecular weight excluding hydrogens is 747 g/mol. The van der Waals surface area contributed by atoms with Crippen LogP contribution in [0, 0.1) is 0 Å². The van der Waals surface area contributed by atoms with Crippen LogP contribution in [-0.4, -0.2) is 0 Å². The van der Waals surface area contributed by atoms with Crippen molar-refractivity contribution in [1.29, 1.82) is 0 Å². The largest absolute Gasteiger partial charge is 0.456 e. The number of rotatable bonds is 3. The molecule has 0 bridgehead atoms. The van der Waals surface area contributed by atoms with E-state index in [4.69, 9.17) is 4.42 Å². The molecule has 0 N–H and O–H groups in total. The Hall–Kier alpha value is -7.20. The standard InChI is InChI=1S/C57H35NOS/c1-56-45-21-9-5-18-39(45)41-20-13-24-49(55(41)56)58(36-27-28-52-42(31-36)40-19-8-12-25-51(40)59-52)50-32-44-43-30-35(26-29-53(43)60-54(44)33-48(50)56)57(34-14-3-2-4-15-34)46-22-10-6-16-37(46)38-17-7-11-23-47(38)57/h2-33H,1H3. The molecule has 0 saturated carbocycles. The molecule has 3 aliphatic rings. The van der Waals surface area contributed by atoms with Gasteiger partial charge in [0.15, 0.2) is 0 Å². The highest BCUT2D eigenvalue weighted by atomic mass is 32.1. The second-order valence-electron chi connectivity index (χ2n) is 16.9. The van der Waals surface area contributed by atoms with Crippen LogP contribution in [0.4, 0.5) is 17.1 Å². The molecule has 14 rings (SSSR count). The van der Waals surface area contributed by atoms with E-state index in [1.807, 2.05) is 17.4 Å². The van der Waals surface area contributed by atoms with Crippen molar-refractivity contribution in [3.8, 4) is 22.3 Å². The molecule has 0 saturated heterocycles. The maximum absolute atomic E-state index is 6.35. The normalized spacial score (nSPS) is 16.6. The van der Waals surface area contributed by atoms with Crippen LogP contribution in [0.15, 0.2) is 199 Å². The summed E-state index contributed by atoms with van der Waals surface area (Å²) in [7, 11) is 0. The Balaban J connectivity index is 1.07. The molecule has 0 spiro atoms. The third-order valence-corrected chi connectivity index (χ3v) is 15.3. The van der Waals surface area contributed by atoms with Crippen molar-refractivity contribution in [2.24, 2.45) is 0 Å². The van der Waals surface area contributed by atoms with Gasteiger partial charge in [0.1, 0.15) is 11.2 Å². The second-order valence-corrected chi connectivity index (χ2v) is 18.0. The summed E-state index contributed by atoms with van der Waals surface area (Å²) in [6.07, 6.45) is 0. The summed E-state index contributed by atoms with van der Waals surface area (Å²) in [6.45, 7) is 2.46. The molecule has 280 valence electrons. The second kappa shape index (κ2) is 11.5. The first kappa shape index (κ1) is 32.7. The van der Waals surface area contributed by atoms with E-state index in [0.29, 0.717) is 0 Å². The van der Waals surface area contributed by atoms with E-state index < -0.39 is 5.41 Å². The Morgan fingerprint density at radius 3 is 1.87 bits per heavy atom. The number of para-hydroxylation sites is 1. The molecule has 0 fully saturated rings. The zero-order valence-corrected chi connectivity index (χ0v) is 33.6. The van der Waals surface area contributed by atoms with Crippen LogP contribution in [0.5, 0.6) is 0 Å². The van der Waals surface area contributed by atoms with Crippen LogP contribution in [0.25, 0.3) is 64.4 Å². The van der Waals surface area contributed by atoms with Crippen molar-refractivity contribution in [3.63, 3.8) is 0 Å². The number of furan rings is 1. The first-order valence-electron chi connectivity index (χ1n) is 20.8. The zero-order chi connectivity index (χ0) is 39.3. The lowest BCUT2D eigenvalue weighted by Crippen LogP contribution is -2.32. The fourth-order valence-electron chi connectivity index (χ4n) is 11.6. The molecule has 0 radical (unpaired) electrons. The number of nitrogens with zero attached hydrogens (tertiary/aromatic N) is 1. The van der Waals surface area contributed by atoms with Crippen LogP contribution >= 0.6 is 11.3 Å². The molecule has 2 aliphatic carbocycles. The van der Waals surface area contributed by atoms with Crippen molar-refractivity contribution in [3.05, 3.63) is 233 Å². The van der Waals surface area contributed by atoms with Gasteiger partial charge in [-0.05, 0) is 123 Å². The zero-order valence-electron chi connectivity index (χ0n) is 32.7. The highest BCUT2D eigenvalue weighted by molar-refractivity contribution is 7.25. The molecule has 11 aromatic rings. The Labute approximate surface area is 351 Å². The Morgan fingerprint density at radius 1 is 0.417 bits per heavy atom. The quantitative estimate of drug-likeness (QED) is 0.178. The number of thiophene rings is 1. The highest BCUT2D eigenvalue weighted by Gasteiger charge is 2.49. The topological polar surface area (TPSA) is 16.4 Å². The summed E-state index contributed by atoms with van der Waals surface area (Å²) >= 11 is 1.91. The van der Waals surface area contributed by atoms with E-state index in [-0.39, 0.29) is 5.41 Å². The minimum absolute atomic E-state index is 0.328. The molecule has 2 aromatic heterocycles. The van der Waals surface area contributed by atoms with Crippen LogP contribution in [0.3, 0.4) is 0 Å². The van der Waals surface area contributed by atoms with Gasteiger partial charge in [-0.25, -0.2) is 0 Å². The molecular formula is C57H35NOS. The van der Waals surface area contributed by atoms with E-state index in [9.17, 15) is 0 Å². The first-order valence-corrected chi connectivity index (χ1v) is 21.6. The Kier molecular flexibility index (Phi) is 6.27. The number of hydrogen-bond donors (Lipinski definition) is 0. The van der Waals surface area contributed by atoms with Gasteiger partial charge in [-0.1, -0.05) is 140 Å². The van der Waals surface area contributed by atoms with Crippen molar-refractivity contribution in [1.82, 2.24) is 0 Å². The fraction of sp³-hybridized carbons (Fsp3) is 0.0526. The van der Waals surface area contributed by atoms with Gasteiger partial charge in [-0.3, -0.25) is 0 Å².